The number of carbonyl (C=O) groups is 1. The monoisotopic (exact) mass is 385 g/mol. The summed E-state index contributed by atoms with van der Waals surface area (Å²) in [6, 6.07) is 2.22. The van der Waals surface area contributed by atoms with Crippen LogP contribution in [0.4, 0.5) is 25.0 Å². The van der Waals surface area contributed by atoms with Gasteiger partial charge in [-0.15, -0.1) is 0 Å². The molecule has 0 aromatic heterocycles. The van der Waals surface area contributed by atoms with Crippen molar-refractivity contribution in [1.82, 2.24) is 10.6 Å². The molecule has 1 aromatic carbocycles. The van der Waals surface area contributed by atoms with E-state index in [4.69, 9.17) is 21.2 Å². The van der Waals surface area contributed by atoms with Crippen LogP contribution in [0.2, 0.25) is 0 Å². The van der Waals surface area contributed by atoms with Crippen molar-refractivity contribution in [3.63, 3.8) is 0 Å². The number of hydrogen-bond donors (Lipinski definition) is 3. The zero-order valence-corrected chi connectivity index (χ0v) is 14.5. The summed E-state index contributed by atoms with van der Waals surface area (Å²) >= 11 is 0. The maximum absolute atomic E-state index is 14.6. The van der Waals surface area contributed by atoms with Crippen molar-refractivity contribution in [2.24, 2.45) is 16.7 Å². The molecular formula is C15H21F2N7O3. The highest BCUT2D eigenvalue weighted by molar-refractivity contribution is 5.90. The standard InChI is InChI=1S/C15H21F2N7O3/c16-12-5-10(6-13(17)14(12)22-2-1-21-26-4-3-22)23-7-11(27-15(23)25)8-24(19)20-9-18/h5-6,9,11,21H,1-4,7-8,19H2,(H2,18,20)/t11-/m1/s1. The van der Waals surface area contributed by atoms with Gasteiger partial charge < -0.3 is 15.4 Å². The average molecular weight is 385 g/mol. The lowest BCUT2D eigenvalue weighted by molar-refractivity contribution is 0.0589. The van der Waals surface area contributed by atoms with E-state index in [0.717, 1.165) is 28.5 Å². The first-order chi connectivity index (χ1) is 13.0. The molecule has 0 saturated carbocycles. The van der Waals surface area contributed by atoms with Crippen molar-refractivity contribution in [1.29, 1.82) is 0 Å². The molecule has 1 aromatic rings. The van der Waals surface area contributed by atoms with Gasteiger partial charge in [0.2, 0.25) is 0 Å². The fourth-order valence-corrected chi connectivity index (χ4v) is 3.00. The minimum Gasteiger partial charge on any atom is -0.442 e. The van der Waals surface area contributed by atoms with Crippen LogP contribution in [0.5, 0.6) is 0 Å². The fraction of sp³-hybridized carbons (Fsp3) is 0.467. The number of hydrazine groups is 1. The van der Waals surface area contributed by atoms with Gasteiger partial charge in [-0.25, -0.2) is 30.0 Å². The number of nitrogens with one attached hydrogen (secondary N) is 1. The third kappa shape index (κ3) is 4.35. The lowest BCUT2D eigenvalue weighted by Gasteiger charge is -2.24. The second-order valence-electron chi connectivity index (χ2n) is 5.99. The highest BCUT2D eigenvalue weighted by Crippen LogP contribution is 2.31. The minimum atomic E-state index is -0.767. The van der Waals surface area contributed by atoms with E-state index >= 15 is 0 Å². The average Bonchev–Trinajstić information content (AvgIpc) is 2.80. The summed E-state index contributed by atoms with van der Waals surface area (Å²) in [7, 11) is 0. The molecule has 3 rings (SSSR count). The molecule has 0 radical (unpaired) electrons. The Hall–Kier alpha value is -2.70. The van der Waals surface area contributed by atoms with Gasteiger partial charge in [0.15, 0.2) is 11.6 Å². The Labute approximate surface area is 154 Å². The Bertz CT molecular complexity index is 690. The number of halogens is 2. The molecule has 0 unspecified atom stereocenters. The van der Waals surface area contributed by atoms with E-state index < -0.39 is 23.8 Å². The molecule has 12 heteroatoms. The first-order valence-electron chi connectivity index (χ1n) is 8.32. The van der Waals surface area contributed by atoms with E-state index in [2.05, 4.69) is 10.6 Å². The van der Waals surface area contributed by atoms with Crippen LogP contribution in [-0.4, -0.2) is 63.0 Å². The third-order valence-electron chi connectivity index (χ3n) is 4.16. The molecule has 27 heavy (non-hydrogen) atoms. The normalized spacial score (nSPS) is 20.9. The van der Waals surface area contributed by atoms with Crippen molar-refractivity contribution in [2.75, 3.05) is 49.1 Å². The van der Waals surface area contributed by atoms with Gasteiger partial charge >= 0.3 is 6.09 Å². The minimum absolute atomic E-state index is 0.0661. The SMILES string of the molecule is N/C=N\N(N)C[C@H]1CN(c2cc(F)c(N3CCNOCC3)c(F)c2)C(=O)O1. The molecule has 5 N–H and O–H groups in total. The largest absolute Gasteiger partial charge is 0.442 e. The van der Waals surface area contributed by atoms with Gasteiger partial charge in [0.1, 0.15) is 18.1 Å². The maximum atomic E-state index is 14.6. The summed E-state index contributed by atoms with van der Waals surface area (Å²) in [5, 5.41) is 4.64. The van der Waals surface area contributed by atoms with Crippen LogP contribution in [0, 0.1) is 11.6 Å². The van der Waals surface area contributed by atoms with E-state index in [0.29, 0.717) is 26.2 Å². The Morgan fingerprint density at radius 3 is 2.81 bits per heavy atom. The summed E-state index contributed by atoms with van der Waals surface area (Å²) in [6.45, 7) is 1.60. The Morgan fingerprint density at radius 1 is 1.37 bits per heavy atom. The molecule has 2 aliphatic heterocycles. The lowest BCUT2D eigenvalue weighted by Crippen LogP contribution is -2.36. The number of nitrogens with two attached hydrogens (primary N) is 2. The number of amides is 1. The molecular weight excluding hydrogens is 364 g/mol. The smallest absolute Gasteiger partial charge is 0.414 e. The predicted octanol–water partition coefficient (Wildman–Crippen LogP) is -0.291. The molecule has 0 bridgehead atoms. The molecule has 2 saturated heterocycles. The van der Waals surface area contributed by atoms with Gasteiger partial charge in [0.05, 0.1) is 25.4 Å². The van der Waals surface area contributed by atoms with E-state index in [1.54, 1.807) is 4.90 Å². The maximum Gasteiger partial charge on any atom is 0.414 e. The molecule has 2 aliphatic rings. The zero-order valence-electron chi connectivity index (χ0n) is 14.5. The van der Waals surface area contributed by atoms with E-state index in [-0.39, 0.29) is 24.5 Å². The fourth-order valence-electron chi connectivity index (χ4n) is 3.00. The Kier molecular flexibility index (Phi) is 5.88. The van der Waals surface area contributed by atoms with Crippen LogP contribution in [0.25, 0.3) is 0 Å². The first kappa shape index (κ1) is 19.1. The van der Waals surface area contributed by atoms with Crippen LogP contribution in [-0.2, 0) is 9.57 Å². The summed E-state index contributed by atoms with van der Waals surface area (Å²) in [4.78, 5) is 19.8. The third-order valence-corrected chi connectivity index (χ3v) is 4.16. The molecule has 2 heterocycles. The molecule has 148 valence electrons. The molecule has 2 fully saturated rings. The summed E-state index contributed by atoms with van der Waals surface area (Å²) in [5.41, 5.74) is 7.74. The predicted molar refractivity (Wildman–Crippen MR) is 93.7 cm³/mol. The zero-order chi connectivity index (χ0) is 19.4. The number of cyclic esters (lactones) is 1. The van der Waals surface area contributed by atoms with E-state index in [1.165, 1.54) is 0 Å². The van der Waals surface area contributed by atoms with Crippen molar-refractivity contribution >= 4 is 23.8 Å². The van der Waals surface area contributed by atoms with Crippen molar-refractivity contribution in [2.45, 2.75) is 6.10 Å². The van der Waals surface area contributed by atoms with Crippen molar-refractivity contribution in [3.05, 3.63) is 23.8 Å². The quantitative estimate of drug-likeness (QED) is 0.274. The topological polar surface area (TPSA) is 122 Å². The Morgan fingerprint density at radius 2 is 2.11 bits per heavy atom. The summed E-state index contributed by atoms with van der Waals surface area (Å²) in [5.74, 6) is 4.03. The van der Waals surface area contributed by atoms with E-state index in [1.807, 2.05) is 0 Å². The van der Waals surface area contributed by atoms with Gasteiger partial charge in [-0.1, -0.05) is 0 Å². The van der Waals surface area contributed by atoms with Crippen LogP contribution in [0.1, 0.15) is 0 Å². The molecule has 1 amide bonds. The molecule has 1 atom stereocenters. The van der Waals surface area contributed by atoms with Gasteiger partial charge in [-0.2, -0.15) is 5.10 Å². The van der Waals surface area contributed by atoms with Crippen molar-refractivity contribution < 1.29 is 23.1 Å². The Balaban J connectivity index is 1.76. The number of ether oxygens (including phenoxy) is 1. The van der Waals surface area contributed by atoms with Crippen LogP contribution >= 0.6 is 0 Å². The number of anilines is 2. The van der Waals surface area contributed by atoms with Crippen LogP contribution < -0.4 is 26.9 Å². The summed E-state index contributed by atoms with van der Waals surface area (Å²) < 4.78 is 34.4. The molecule has 0 aliphatic carbocycles. The number of rotatable bonds is 5. The molecule has 0 spiro atoms. The number of benzene rings is 1. The van der Waals surface area contributed by atoms with Gasteiger partial charge in [-0.3, -0.25) is 9.74 Å². The van der Waals surface area contributed by atoms with Gasteiger partial charge in [0.25, 0.3) is 0 Å². The number of nitrogens with zero attached hydrogens (tertiary/aromatic N) is 4. The van der Waals surface area contributed by atoms with Crippen LogP contribution in [0.15, 0.2) is 17.2 Å². The number of hydroxylamine groups is 1. The summed E-state index contributed by atoms with van der Waals surface area (Å²) in [6.07, 6.45) is -0.337. The second-order valence-corrected chi connectivity index (χ2v) is 5.99. The number of hydrogen-bond acceptors (Lipinski definition) is 8. The van der Waals surface area contributed by atoms with Gasteiger partial charge in [-0.05, 0) is 0 Å². The van der Waals surface area contributed by atoms with Gasteiger partial charge in [0, 0.05) is 31.8 Å². The van der Waals surface area contributed by atoms with E-state index in [9.17, 15) is 13.6 Å². The van der Waals surface area contributed by atoms with Crippen molar-refractivity contribution in [3.8, 4) is 0 Å². The first-order valence-corrected chi connectivity index (χ1v) is 8.32. The second kappa shape index (κ2) is 8.33. The lowest BCUT2D eigenvalue weighted by atomic mass is 10.2. The number of carbonyl (C=O) groups excluding carboxylic acids is 1. The van der Waals surface area contributed by atoms with Crippen LogP contribution in [0.3, 0.4) is 0 Å². The molecule has 10 nitrogen and oxygen atoms in total. The highest BCUT2D eigenvalue weighted by atomic mass is 19.1. The number of hydrazone groups is 1. The highest BCUT2D eigenvalue weighted by Gasteiger charge is 2.34.